The van der Waals surface area contributed by atoms with Crippen molar-refractivity contribution in [2.24, 2.45) is 0 Å². The Bertz CT molecular complexity index is 1700. The molecule has 1 N–H and O–H groups in total. The molecule has 6 nitrogen and oxygen atoms in total. The maximum absolute atomic E-state index is 13.4. The Hall–Kier alpha value is -4.67. The summed E-state index contributed by atoms with van der Waals surface area (Å²) in [6.45, 7) is 3.72. The van der Waals surface area contributed by atoms with Gasteiger partial charge in [-0.15, -0.1) is 0 Å². The van der Waals surface area contributed by atoms with Crippen LogP contribution >= 0.6 is 11.8 Å². The number of ether oxygens (including phenoxy) is 1. The predicted molar refractivity (Wildman–Crippen MR) is 157 cm³/mol. The van der Waals surface area contributed by atoms with Crippen LogP contribution in [0.2, 0.25) is 0 Å². The Labute approximate surface area is 231 Å². The first-order chi connectivity index (χ1) is 19.0. The van der Waals surface area contributed by atoms with Gasteiger partial charge < -0.3 is 10.1 Å². The minimum absolute atomic E-state index is 0.183. The zero-order valence-corrected chi connectivity index (χ0v) is 22.6. The minimum atomic E-state index is -0.522. The van der Waals surface area contributed by atoms with E-state index in [1.54, 1.807) is 7.11 Å². The molecule has 1 unspecified atom stereocenters. The molecule has 1 amide bonds. The van der Waals surface area contributed by atoms with Crippen LogP contribution < -0.4 is 10.1 Å². The highest BCUT2D eigenvalue weighted by atomic mass is 32.2. The van der Waals surface area contributed by atoms with Gasteiger partial charge in [0.05, 0.1) is 34.8 Å². The number of anilines is 1. The van der Waals surface area contributed by atoms with Crippen molar-refractivity contribution in [1.82, 2.24) is 9.97 Å². The number of nitrogens with one attached hydrogen (secondary N) is 1. The molecule has 5 rings (SSSR count). The predicted octanol–water partition coefficient (Wildman–Crippen LogP) is 7.27. The summed E-state index contributed by atoms with van der Waals surface area (Å²) in [5.74, 6) is 0.547. The molecular weight excluding hydrogens is 504 g/mol. The average Bonchev–Trinajstić information content (AvgIpc) is 2.97. The lowest BCUT2D eigenvalue weighted by Gasteiger charge is -2.17. The molecule has 2 heterocycles. The van der Waals surface area contributed by atoms with Gasteiger partial charge in [-0.2, -0.15) is 5.26 Å². The number of thioether (sulfide) groups is 1. The number of benzene rings is 3. The van der Waals surface area contributed by atoms with Crippen LogP contribution in [0, 0.1) is 18.3 Å². The van der Waals surface area contributed by atoms with Crippen LogP contribution in [-0.4, -0.2) is 28.2 Å². The summed E-state index contributed by atoms with van der Waals surface area (Å²) >= 11 is 1.27. The van der Waals surface area contributed by atoms with E-state index in [4.69, 9.17) is 9.72 Å². The third kappa shape index (κ3) is 5.62. The lowest BCUT2D eigenvalue weighted by atomic mass is 9.99. The van der Waals surface area contributed by atoms with Gasteiger partial charge in [0, 0.05) is 22.2 Å². The van der Waals surface area contributed by atoms with E-state index in [2.05, 4.69) is 16.4 Å². The van der Waals surface area contributed by atoms with Gasteiger partial charge in [-0.05, 0) is 49.7 Å². The zero-order chi connectivity index (χ0) is 27.4. The normalized spacial score (nSPS) is 11.5. The number of fused-ring (bicyclic) bond motifs is 1. The van der Waals surface area contributed by atoms with Crippen molar-refractivity contribution in [2.45, 2.75) is 24.1 Å². The molecule has 0 saturated carbocycles. The highest BCUT2D eigenvalue weighted by Crippen LogP contribution is 2.36. The summed E-state index contributed by atoms with van der Waals surface area (Å²) in [7, 11) is 1.62. The van der Waals surface area contributed by atoms with E-state index in [1.165, 1.54) is 11.8 Å². The van der Waals surface area contributed by atoms with Crippen molar-refractivity contribution >= 4 is 34.3 Å². The minimum Gasteiger partial charge on any atom is -0.497 e. The number of rotatable bonds is 7. The second-order valence-electron chi connectivity index (χ2n) is 9.02. The van der Waals surface area contributed by atoms with E-state index in [9.17, 15) is 10.1 Å². The molecule has 0 aliphatic carbocycles. The van der Waals surface area contributed by atoms with Crippen LogP contribution in [0.15, 0.2) is 96.0 Å². The van der Waals surface area contributed by atoms with Crippen LogP contribution in [0.5, 0.6) is 5.75 Å². The summed E-state index contributed by atoms with van der Waals surface area (Å²) in [5, 5.41) is 14.1. The van der Waals surface area contributed by atoms with Gasteiger partial charge in [-0.3, -0.25) is 9.78 Å². The summed E-state index contributed by atoms with van der Waals surface area (Å²) in [4.78, 5) is 22.8. The number of nitrogens with zero attached hydrogens (tertiary/aromatic N) is 3. The van der Waals surface area contributed by atoms with Gasteiger partial charge in [0.25, 0.3) is 0 Å². The summed E-state index contributed by atoms with van der Waals surface area (Å²) in [6, 6.07) is 31.2. The number of pyridine rings is 2. The Morgan fingerprint density at radius 2 is 1.67 bits per heavy atom. The first-order valence-corrected chi connectivity index (χ1v) is 13.3. The largest absolute Gasteiger partial charge is 0.497 e. The van der Waals surface area contributed by atoms with E-state index in [0.717, 1.165) is 44.7 Å². The fraction of sp³-hybridized carbons (Fsp3) is 0.125. The Morgan fingerprint density at radius 3 is 2.38 bits per heavy atom. The second-order valence-corrected chi connectivity index (χ2v) is 10.3. The smallest absolute Gasteiger partial charge is 0.237 e. The Balaban J connectivity index is 1.52. The van der Waals surface area contributed by atoms with Crippen molar-refractivity contribution in [3.8, 4) is 34.2 Å². The average molecular weight is 531 g/mol. The molecule has 0 spiro atoms. The van der Waals surface area contributed by atoms with Crippen LogP contribution in [0.4, 0.5) is 5.69 Å². The quantitative estimate of drug-likeness (QED) is 0.223. The number of nitriles is 1. The third-order valence-electron chi connectivity index (χ3n) is 6.33. The van der Waals surface area contributed by atoms with E-state index in [0.29, 0.717) is 16.3 Å². The van der Waals surface area contributed by atoms with Gasteiger partial charge >= 0.3 is 0 Å². The van der Waals surface area contributed by atoms with Crippen LogP contribution in [0.3, 0.4) is 0 Å². The summed E-state index contributed by atoms with van der Waals surface area (Å²) in [6.07, 6.45) is 0. The van der Waals surface area contributed by atoms with Gasteiger partial charge in [-0.1, -0.05) is 72.4 Å². The van der Waals surface area contributed by atoms with Crippen LogP contribution in [0.1, 0.15) is 18.2 Å². The molecule has 0 saturated heterocycles. The van der Waals surface area contributed by atoms with Crippen molar-refractivity contribution in [1.29, 1.82) is 5.26 Å². The molecule has 0 bridgehead atoms. The first-order valence-electron chi connectivity index (χ1n) is 12.5. The number of hydrogen-bond acceptors (Lipinski definition) is 6. The molecule has 5 aromatic rings. The van der Waals surface area contributed by atoms with E-state index in [-0.39, 0.29) is 5.91 Å². The highest BCUT2D eigenvalue weighted by Gasteiger charge is 2.22. The number of amides is 1. The van der Waals surface area contributed by atoms with Gasteiger partial charge in [0.15, 0.2) is 0 Å². The lowest BCUT2D eigenvalue weighted by Crippen LogP contribution is -2.23. The summed E-state index contributed by atoms with van der Waals surface area (Å²) < 4.78 is 5.31. The molecular formula is C32H26N4O2S. The number of carbonyl (C=O) groups is 1. The SMILES string of the molecule is COc1ccc(-c2cc(-c3ccccc3)nc(SC(C)C(=O)Nc3cc(C)nc4ccccc34)c2C#N)cc1. The number of aryl methyl sites for hydroxylation is 1. The maximum atomic E-state index is 13.4. The molecule has 0 fully saturated rings. The second kappa shape index (κ2) is 11.4. The van der Waals surface area contributed by atoms with Crippen molar-refractivity contribution in [3.63, 3.8) is 0 Å². The fourth-order valence-corrected chi connectivity index (χ4v) is 5.26. The lowest BCUT2D eigenvalue weighted by molar-refractivity contribution is -0.115. The van der Waals surface area contributed by atoms with Gasteiger partial charge in [0.1, 0.15) is 16.8 Å². The molecule has 3 aromatic carbocycles. The van der Waals surface area contributed by atoms with Crippen molar-refractivity contribution < 1.29 is 9.53 Å². The first kappa shape index (κ1) is 26.0. The summed E-state index contributed by atoms with van der Waals surface area (Å²) in [5.41, 5.74) is 6.04. The van der Waals surface area contributed by atoms with E-state index >= 15 is 0 Å². The maximum Gasteiger partial charge on any atom is 0.237 e. The topological polar surface area (TPSA) is 87.9 Å². The number of methoxy groups -OCH3 is 1. The van der Waals surface area contributed by atoms with Crippen LogP contribution in [0.25, 0.3) is 33.3 Å². The highest BCUT2D eigenvalue weighted by molar-refractivity contribution is 8.00. The van der Waals surface area contributed by atoms with Gasteiger partial charge in [-0.25, -0.2) is 4.98 Å². The fourth-order valence-electron chi connectivity index (χ4n) is 4.34. The zero-order valence-electron chi connectivity index (χ0n) is 21.8. The number of carbonyl (C=O) groups excluding carboxylic acids is 1. The Morgan fingerprint density at radius 1 is 0.949 bits per heavy atom. The molecule has 192 valence electrons. The van der Waals surface area contributed by atoms with E-state index < -0.39 is 5.25 Å². The molecule has 0 aliphatic heterocycles. The van der Waals surface area contributed by atoms with Crippen molar-refractivity contribution in [2.75, 3.05) is 12.4 Å². The van der Waals surface area contributed by atoms with E-state index in [1.807, 2.05) is 105 Å². The third-order valence-corrected chi connectivity index (χ3v) is 7.41. The van der Waals surface area contributed by atoms with Crippen molar-refractivity contribution in [3.05, 3.63) is 102 Å². The monoisotopic (exact) mass is 530 g/mol. The van der Waals surface area contributed by atoms with Gasteiger partial charge in [0.2, 0.25) is 5.91 Å². The number of para-hydroxylation sites is 1. The molecule has 0 aliphatic rings. The molecule has 39 heavy (non-hydrogen) atoms. The molecule has 0 radical (unpaired) electrons. The standard InChI is InChI=1S/C32H26N4O2S/c1-20-17-30(25-11-7-8-12-28(25)34-20)35-31(37)21(2)39-32-27(19-33)26(22-13-15-24(38-3)16-14-22)18-29(36-32)23-9-5-4-6-10-23/h4-18,21H,1-3H3,(H,34,35,37). The number of aromatic nitrogens is 2. The molecule has 7 heteroatoms. The molecule has 2 aromatic heterocycles. The number of hydrogen-bond donors (Lipinski definition) is 1. The molecule has 1 atom stereocenters. The van der Waals surface area contributed by atoms with Crippen LogP contribution in [-0.2, 0) is 4.79 Å². The Kier molecular flexibility index (Phi) is 7.57.